The molecule has 5 atom stereocenters. The van der Waals surface area contributed by atoms with Crippen LogP contribution in [0.5, 0.6) is 0 Å². The zero-order chi connectivity index (χ0) is 15.7. The summed E-state index contributed by atoms with van der Waals surface area (Å²) < 4.78 is 0. The van der Waals surface area contributed by atoms with Gasteiger partial charge >= 0.3 is 0 Å². The molecule has 0 aromatic rings. The molecule has 3 nitrogen and oxygen atoms in total. The van der Waals surface area contributed by atoms with E-state index in [1.807, 2.05) is 6.08 Å². The van der Waals surface area contributed by atoms with Gasteiger partial charge in [0.2, 0.25) is 0 Å². The molecule has 1 saturated heterocycles. The average Bonchev–Trinajstić information content (AvgIpc) is 2.76. The number of Topliss-reactive ketones (excluding diaryl/α,β-unsaturated/α-hetero) is 1. The fourth-order valence-corrected chi connectivity index (χ4v) is 5.99. The molecule has 2 saturated carbocycles. The quantitative estimate of drug-likeness (QED) is 0.690. The molecule has 0 aromatic heterocycles. The molecular weight excluding hydrogens is 274 g/mol. The molecule has 118 valence electrons. The van der Waals surface area contributed by atoms with E-state index in [4.69, 9.17) is 0 Å². The average molecular weight is 299 g/mol. The molecular formula is C19H25NO2. The topological polar surface area (TPSA) is 37.4 Å². The van der Waals surface area contributed by atoms with E-state index in [-0.39, 0.29) is 16.6 Å². The SMILES string of the molecule is CN1C[C@@H]2[C@@H](CC[C@]3(C)CC(=O)C[C@@H]23)[C@@]2(C)C=CC(=O)C=C12. The van der Waals surface area contributed by atoms with Gasteiger partial charge < -0.3 is 4.90 Å². The first-order valence-corrected chi connectivity index (χ1v) is 8.52. The molecule has 22 heavy (non-hydrogen) atoms. The molecule has 4 aliphatic rings. The van der Waals surface area contributed by atoms with E-state index < -0.39 is 0 Å². The fourth-order valence-electron chi connectivity index (χ4n) is 5.99. The Morgan fingerprint density at radius 2 is 2.00 bits per heavy atom. The highest BCUT2D eigenvalue weighted by molar-refractivity contribution is 6.01. The van der Waals surface area contributed by atoms with Crippen LogP contribution in [0.4, 0.5) is 0 Å². The lowest BCUT2D eigenvalue weighted by Crippen LogP contribution is -2.55. The molecule has 4 rings (SSSR count). The van der Waals surface area contributed by atoms with Gasteiger partial charge in [-0.25, -0.2) is 0 Å². The van der Waals surface area contributed by atoms with E-state index in [1.54, 1.807) is 6.08 Å². The summed E-state index contributed by atoms with van der Waals surface area (Å²) >= 11 is 0. The van der Waals surface area contributed by atoms with Gasteiger partial charge in [-0.1, -0.05) is 19.9 Å². The third kappa shape index (κ3) is 1.74. The van der Waals surface area contributed by atoms with Gasteiger partial charge in [-0.2, -0.15) is 0 Å². The second kappa shape index (κ2) is 4.33. The molecule has 0 amide bonds. The number of carbonyl (C=O) groups excluding carboxylic acids is 2. The molecule has 0 N–H and O–H groups in total. The lowest BCUT2D eigenvalue weighted by atomic mass is 9.51. The van der Waals surface area contributed by atoms with Crippen LogP contribution in [0, 0.1) is 28.6 Å². The third-order valence-corrected chi connectivity index (χ3v) is 7.09. The van der Waals surface area contributed by atoms with E-state index >= 15 is 0 Å². The molecule has 0 spiro atoms. The Kier molecular flexibility index (Phi) is 2.80. The Bertz CT molecular complexity index is 619. The van der Waals surface area contributed by atoms with E-state index in [1.165, 1.54) is 12.1 Å². The second-order valence-corrected chi connectivity index (χ2v) is 8.42. The smallest absolute Gasteiger partial charge is 0.180 e. The van der Waals surface area contributed by atoms with Gasteiger partial charge in [-0.3, -0.25) is 9.59 Å². The summed E-state index contributed by atoms with van der Waals surface area (Å²) in [6, 6.07) is 0. The van der Waals surface area contributed by atoms with Gasteiger partial charge in [0.1, 0.15) is 5.78 Å². The minimum atomic E-state index is -0.0431. The Morgan fingerprint density at radius 3 is 2.77 bits per heavy atom. The van der Waals surface area contributed by atoms with E-state index in [2.05, 4.69) is 31.9 Å². The first kappa shape index (κ1) is 14.2. The summed E-state index contributed by atoms with van der Waals surface area (Å²) in [5.74, 6) is 2.20. The van der Waals surface area contributed by atoms with E-state index in [0.29, 0.717) is 23.5 Å². The summed E-state index contributed by atoms with van der Waals surface area (Å²) in [6.07, 6.45) is 9.57. The first-order valence-electron chi connectivity index (χ1n) is 8.52. The predicted octanol–water partition coefficient (Wildman–Crippen LogP) is 2.97. The minimum absolute atomic E-state index is 0.0431. The number of likely N-dealkylation sites (tertiary alicyclic amines) is 1. The number of piperidine rings is 1. The lowest BCUT2D eigenvalue weighted by molar-refractivity contribution is -0.118. The second-order valence-electron chi connectivity index (χ2n) is 8.42. The van der Waals surface area contributed by atoms with Crippen molar-refractivity contribution >= 4 is 11.6 Å². The minimum Gasteiger partial charge on any atom is -0.377 e. The van der Waals surface area contributed by atoms with Crippen LogP contribution in [-0.4, -0.2) is 30.1 Å². The maximum atomic E-state index is 12.1. The summed E-state index contributed by atoms with van der Waals surface area (Å²) in [6.45, 7) is 5.60. The Labute approximate surface area is 132 Å². The summed E-state index contributed by atoms with van der Waals surface area (Å²) in [5, 5.41) is 0. The van der Waals surface area contributed by atoms with Crippen LogP contribution in [0.15, 0.2) is 23.9 Å². The monoisotopic (exact) mass is 299 g/mol. The van der Waals surface area contributed by atoms with Crippen LogP contribution in [0.1, 0.15) is 39.5 Å². The van der Waals surface area contributed by atoms with Crippen LogP contribution in [-0.2, 0) is 9.59 Å². The van der Waals surface area contributed by atoms with Crippen molar-refractivity contribution in [3.63, 3.8) is 0 Å². The van der Waals surface area contributed by atoms with E-state index in [9.17, 15) is 9.59 Å². The number of allylic oxidation sites excluding steroid dienone is 3. The molecule has 0 aromatic carbocycles. The normalized spacial score (nSPS) is 47.0. The zero-order valence-corrected chi connectivity index (χ0v) is 13.8. The number of ketones is 2. The van der Waals surface area contributed by atoms with Gasteiger partial charge in [-0.15, -0.1) is 0 Å². The zero-order valence-electron chi connectivity index (χ0n) is 13.8. The molecule has 3 heteroatoms. The maximum absolute atomic E-state index is 12.1. The van der Waals surface area contributed by atoms with Crippen molar-refractivity contribution in [2.45, 2.75) is 39.5 Å². The Balaban J connectivity index is 1.75. The van der Waals surface area contributed by atoms with Gasteiger partial charge in [0.05, 0.1) is 0 Å². The molecule has 3 fully saturated rings. The van der Waals surface area contributed by atoms with Gasteiger partial charge in [0.15, 0.2) is 5.78 Å². The van der Waals surface area contributed by atoms with Crippen molar-refractivity contribution in [2.75, 3.05) is 13.6 Å². The van der Waals surface area contributed by atoms with Crippen molar-refractivity contribution in [1.29, 1.82) is 0 Å². The van der Waals surface area contributed by atoms with Gasteiger partial charge in [0.25, 0.3) is 0 Å². The highest BCUT2D eigenvalue weighted by Gasteiger charge is 2.58. The third-order valence-electron chi connectivity index (χ3n) is 7.09. The fraction of sp³-hybridized carbons (Fsp3) is 0.684. The van der Waals surface area contributed by atoms with E-state index in [0.717, 1.165) is 25.8 Å². The number of hydrogen-bond acceptors (Lipinski definition) is 3. The number of nitrogens with zero attached hydrogens (tertiary/aromatic N) is 1. The summed E-state index contributed by atoms with van der Waals surface area (Å²) in [7, 11) is 2.11. The van der Waals surface area contributed by atoms with Crippen molar-refractivity contribution in [1.82, 2.24) is 4.90 Å². The van der Waals surface area contributed by atoms with Crippen molar-refractivity contribution < 1.29 is 9.59 Å². The maximum Gasteiger partial charge on any atom is 0.180 e. The number of hydrogen-bond donors (Lipinski definition) is 0. The highest BCUT2D eigenvalue weighted by Crippen LogP contribution is 2.62. The molecule has 0 radical (unpaired) electrons. The van der Waals surface area contributed by atoms with Gasteiger partial charge in [0, 0.05) is 43.6 Å². The van der Waals surface area contributed by atoms with Crippen molar-refractivity contribution in [3.8, 4) is 0 Å². The first-order chi connectivity index (χ1) is 10.3. The molecule has 0 bridgehead atoms. The van der Waals surface area contributed by atoms with Crippen LogP contribution in [0.2, 0.25) is 0 Å². The van der Waals surface area contributed by atoms with Crippen LogP contribution < -0.4 is 0 Å². The Morgan fingerprint density at radius 1 is 1.23 bits per heavy atom. The van der Waals surface area contributed by atoms with Gasteiger partial charge in [-0.05, 0) is 42.1 Å². The molecule has 1 heterocycles. The van der Waals surface area contributed by atoms with Crippen LogP contribution in [0.3, 0.4) is 0 Å². The van der Waals surface area contributed by atoms with Crippen LogP contribution in [0.25, 0.3) is 0 Å². The number of rotatable bonds is 0. The molecule has 3 aliphatic carbocycles. The van der Waals surface area contributed by atoms with Crippen molar-refractivity contribution in [2.24, 2.45) is 28.6 Å². The largest absolute Gasteiger partial charge is 0.377 e. The lowest BCUT2D eigenvalue weighted by Gasteiger charge is -2.58. The van der Waals surface area contributed by atoms with Crippen molar-refractivity contribution in [3.05, 3.63) is 23.9 Å². The molecule has 0 unspecified atom stereocenters. The van der Waals surface area contributed by atoms with Crippen LogP contribution >= 0.6 is 0 Å². The highest BCUT2D eigenvalue weighted by atomic mass is 16.1. The number of carbonyl (C=O) groups is 2. The predicted molar refractivity (Wildman–Crippen MR) is 85.0 cm³/mol. The summed E-state index contributed by atoms with van der Waals surface area (Å²) in [4.78, 5) is 26.2. The standard InChI is InChI=1S/C19H25NO2/c1-18-6-5-15-14(16(18)8-13(22)10-18)11-20(3)17-9-12(21)4-7-19(15,17)2/h4,7,9,14-16H,5-6,8,10-11H2,1-3H3/t14-,15-,16+,18-,19-/m1/s1. The number of fused-ring (bicyclic) bond motifs is 5. The molecule has 1 aliphatic heterocycles. The summed E-state index contributed by atoms with van der Waals surface area (Å²) in [5.41, 5.74) is 1.35. The Hall–Kier alpha value is -1.38.